The number of carbonyl (C=O) groups excluding carboxylic acids is 1. The smallest absolute Gasteiger partial charge is 0.269 e. The van der Waals surface area contributed by atoms with Gasteiger partial charge in [-0.25, -0.2) is 0 Å². The summed E-state index contributed by atoms with van der Waals surface area (Å²) < 4.78 is 5.18. The van der Waals surface area contributed by atoms with E-state index in [1.807, 2.05) is 38.1 Å². The number of benzene rings is 1. The van der Waals surface area contributed by atoms with Gasteiger partial charge in [-0.15, -0.1) is 0 Å². The molecule has 1 aromatic carbocycles. The van der Waals surface area contributed by atoms with Gasteiger partial charge >= 0.3 is 0 Å². The molecule has 5 nitrogen and oxygen atoms in total. The molecule has 2 rings (SSSR count). The maximum absolute atomic E-state index is 12.0. The fourth-order valence-electron chi connectivity index (χ4n) is 1.77. The topological polar surface area (TPSA) is 67.0 Å². The first-order valence-electron chi connectivity index (χ1n) is 6.64. The molecule has 0 aliphatic carbocycles. The number of hydrogen-bond acceptors (Lipinski definition) is 3. The zero-order chi connectivity index (χ0) is 14.5. The maximum Gasteiger partial charge on any atom is 0.269 e. The summed E-state index contributed by atoms with van der Waals surface area (Å²) in [6.07, 6.45) is 0.891. The van der Waals surface area contributed by atoms with Crippen LogP contribution in [0.5, 0.6) is 5.75 Å². The van der Waals surface area contributed by atoms with Gasteiger partial charge < -0.3 is 10.1 Å². The van der Waals surface area contributed by atoms with Crippen molar-refractivity contribution in [2.75, 3.05) is 7.11 Å². The summed E-state index contributed by atoms with van der Waals surface area (Å²) in [6, 6.07) is 9.45. The fourth-order valence-corrected chi connectivity index (χ4v) is 1.77. The van der Waals surface area contributed by atoms with Crippen molar-refractivity contribution in [3.63, 3.8) is 0 Å². The molecule has 0 fully saturated rings. The van der Waals surface area contributed by atoms with Gasteiger partial charge in [0, 0.05) is 11.6 Å². The Bertz CT molecular complexity index is 592. The van der Waals surface area contributed by atoms with Gasteiger partial charge in [-0.2, -0.15) is 5.10 Å². The molecule has 0 aliphatic rings. The molecular weight excluding hydrogens is 254 g/mol. The van der Waals surface area contributed by atoms with Crippen molar-refractivity contribution in [1.29, 1.82) is 0 Å². The van der Waals surface area contributed by atoms with Crippen LogP contribution in [0.15, 0.2) is 30.3 Å². The number of H-pyrrole nitrogens is 1. The van der Waals surface area contributed by atoms with Crippen LogP contribution in [0.4, 0.5) is 0 Å². The van der Waals surface area contributed by atoms with Gasteiger partial charge in [0.2, 0.25) is 0 Å². The second-order valence-electron chi connectivity index (χ2n) is 4.68. The molecule has 20 heavy (non-hydrogen) atoms. The molecule has 0 spiro atoms. The standard InChI is InChI=1S/C15H19N3O2/c1-4-10(2)16-15(19)14-9-13(17-18-14)11-6-5-7-12(8-11)20-3/h5-10H,4H2,1-3H3,(H,16,19)(H,17,18)/t10-/m0/s1. The molecule has 1 atom stereocenters. The van der Waals surface area contributed by atoms with Gasteiger partial charge in [0.15, 0.2) is 0 Å². The predicted octanol–water partition coefficient (Wildman–Crippen LogP) is 2.61. The molecule has 0 saturated heterocycles. The highest BCUT2D eigenvalue weighted by molar-refractivity contribution is 5.93. The lowest BCUT2D eigenvalue weighted by atomic mass is 10.1. The van der Waals surface area contributed by atoms with E-state index in [4.69, 9.17) is 4.74 Å². The first kappa shape index (κ1) is 14.1. The number of aromatic amines is 1. The number of rotatable bonds is 5. The Balaban J connectivity index is 2.17. The molecule has 0 bridgehead atoms. The molecule has 0 radical (unpaired) electrons. The molecule has 1 heterocycles. The van der Waals surface area contributed by atoms with E-state index in [0.717, 1.165) is 23.4 Å². The summed E-state index contributed by atoms with van der Waals surface area (Å²) in [4.78, 5) is 12.0. The molecule has 1 aromatic heterocycles. The summed E-state index contributed by atoms with van der Waals surface area (Å²) in [6.45, 7) is 4.00. The second-order valence-corrected chi connectivity index (χ2v) is 4.68. The summed E-state index contributed by atoms with van der Waals surface area (Å²) in [5.74, 6) is 0.622. The number of nitrogens with one attached hydrogen (secondary N) is 2. The van der Waals surface area contributed by atoms with Gasteiger partial charge in [-0.05, 0) is 31.5 Å². The highest BCUT2D eigenvalue weighted by Crippen LogP contribution is 2.22. The second kappa shape index (κ2) is 6.23. The van der Waals surface area contributed by atoms with Crippen LogP contribution in [0.2, 0.25) is 0 Å². The maximum atomic E-state index is 12.0. The number of carbonyl (C=O) groups is 1. The van der Waals surface area contributed by atoms with Crippen molar-refractivity contribution in [3.05, 3.63) is 36.0 Å². The van der Waals surface area contributed by atoms with Gasteiger partial charge in [0.05, 0.1) is 12.8 Å². The van der Waals surface area contributed by atoms with Crippen LogP contribution < -0.4 is 10.1 Å². The molecule has 2 N–H and O–H groups in total. The minimum Gasteiger partial charge on any atom is -0.497 e. The molecule has 2 aromatic rings. The zero-order valence-corrected chi connectivity index (χ0v) is 11.9. The molecule has 1 amide bonds. The van der Waals surface area contributed by atoms with Crippen LogP contribution in [0.25, 0.3) is 11.3 Å². The average molecular weight is 273 g/mol. The van der Waals surface area contributed by atoms with E-state index in [9.17, 15) is 4.79 Å². The fraction of sp³-hybridized carbons (Fsp3) is 0.333. The van der Waals surface area contributed by atoms with Crippen LogP contribution in [0, 0.1) is 0 Å². The van der Waals surface area contributed by atoms with E-state index in [-0.39, 0.29) is 11.9 Å². The van der Waals surface area contributed by atoms with Crippen LogP contribution in [-0.4, -0.2) is 29.3 Å². The van der Waals surface area contributed by atoms with Gasteiger partial charge in [0.1, 0.15) is 11.4 Å². The van der Waals surface area contributed by atoms with Crippen LogP contribution in [0.3, 0.4) is 0 Å². The molecule has 0 unspecified atom stereocenters. The number of amides is 1. The lowest BCUT2D eigenvalue weighted by Crippen LogP contribution is -2.32. The largest absolute Gasteiger partial charge is 0.497 e. The summed E-state index contributed by atoms with van der Waals surface area (Å²) >= 11 is 0. The molecule has 106 valence electrons. The minimum absolute atomic E-state index is 0.138. The van der Waals surface area contributed by atoms with E-state index in [1.165, 1.54) is 0 Å². The van der Waals surface area contributed by atoms with Gasteiger partial charge in [-0.3, -0.25) is 9.89 Å². The average Bonchev–Trinajstić information content (AvgIpc) is 2.97. The highest BCUT2D eigenvalue weighted by Gasteiger charge is 2.12. The third-order valence-electron chi connectivity index (χ3n) is 3.18. The minimum atomic E-state index is -0.138. The van der Waals surface area contributed by atoms with Crippen LogP contribution in [0.1, 0.15) is 30.8 Å². The summed E-state index contributed by atoms with van der Waals surface area (Å²) in [5.41, 5.74) is 2.09. The Hall–Kier alpha value is -2.30. The van der Waals surface area contributed by atoms with Crippen molar-refractivity contribution in [2.45, 2.75) is 26.3 Å². The number of methoxy groups -OCH3 is 1. The normalized spacial score (nSPS) is 11.9. The van der Waals surface area contributed by atoms with Gasteiger partial charge in [-0.1, -0.05) is 19.1 Å². The summed E-state index contributed by atoms with van der Waals surface area (Å²) in [5, 5.41) is 9.84. The van der Waals surface area contributed by atoms with Crippen molar-refractivity contribution in [2.24, 2.45) is 0 Å². The van der Waals surface area contributed by atoms with E-state index in [0.29, 0.717) is 5.69 Å². The first-order chi connectivity index (χ1) is 9.63. The number of aromatic nitrogens is 2. The Morgan fingerprint density at radius 1 is 1.45 bits per heavy atom. The first-order valence-corrected chi connectivity index (χ1v) is 6.64. The molecular formula is C15H19N3O2. The van der Waals surface area contributed by atoms with Crippen molar-refractivity contribution >= 4 is 5.91 Å². The Morgan fingerprint density at radius 3 is 2.95 bits per heavy atom. The van der Waals surface area contributed by atoms with Crippen molar-refractivity contribution in [3.8, 4) is 17.0 Å². The molecule has 0 saturated carbocycles. The van der Waals surface area contributed by atoms with E-state index in [1.54, 1.807) is 13.2 Å². The predicted molar refractivity (Wildman–Crippen MR) is 77.8 cm³/mol. The van der Waals surface area contributed by atoms with E-state index in [2.05, 4.69) is 15.5 Å². The van der Waals surface area contributed by atoms with Crippen LogP contribution >= 0.6 is 0 Å². The highest BCUT2D eigenvalue weighted by atomic mass is 16.5. The third-order valence-corrected chi connectivity index (χ3v) is 3.18. The Kier molecular flexibility index (Phi) is 4.40. The number of hydrogen-bond donors (Lipinski definition) is 2. The third kappa shape index (κ3) is 3.17. The SMILES string of the molecule is CC[C@H](C)NC(=O)c1cc(-c2cccc(OC)c2)n[nH]1. The number of nitrogens with zero attached hydrogens (tertiary/aromatic N) is 1. The monoisotopic (exact) mass is 273 g/mol. The van der Waals surface area contributed by atoms with E-state index < -0.39 is 0 Å². The van der Waals surface area contributed by atoms with Crippen molar-refractivity contribution < 1.29 is 9.53 Å². The van der Waals surface area contributed by atoms with Gasteiger partial charge in [0.25, 0.3) is 5.91 Å². The Labute approximate surface area is 118 Å². The van der Waals surface area contributed by atoms with E-state index >= 15 is 0 Å². The lowest BCUT2D eigenvalue weighted by Gasteiger charge is -2.09. The Morgan fingerprint density at radius 2 is 2.25 bits per heavy atom. The number of ether oxygens (including phenoxy) is 1. The quantitative estimate of drug-likeness (QED) is 0.880. The van der Waals surface area contributed by atoms with Crippen molar-refractivity contribution in [1.82, 2.24) is 15.5 Å². The summed E-state index contributed by atoms with van der Waals surface area (Å²) in [7, 11) is 1.62. The molecule has 0 aliphatic heterocycles. The van der Waals surface area contributed by atoms with Crippen LogP contribution in [-0.2, 0) is 0 Å². The molecule has 5 heteroatoms. The lowest BCUT2D eigenvalue weighted by molar-refractivity contribution is 0.0934. The zero-order valence-electron chi connectivity index (χ0n) is 11.9.